The second-order valence-electron chi connectivity index (χ2n) is 4.11. The van der Waals surface area contributed by atoms with Gasteiger partial charge in [0, 0.05) is 0 Å². The van der Waals surface area contributed by atoms with Crippen LogP contribution in [0.3, 0.4) is 0 Å². The van der Waals surface area contributed by atoms with Gasteiger partial charge >= 0.3 is 17.3 Å². The topological polar surface area (TPSA) is 66.4 Å². The van der Waals surface area contributed by atoms with E-state index in [4.69, 9.17) is 5.11 Å². The lowest BCUT2D eigenvalue weighted by Gasteiger charge is -2.28. The summed E-state index contributed by atoms with van der Waals surface area (Å²) in [6.45, 7) is 4.50. The third-order valence-corrected chi connectivity index (χ3v) is 1.82. The van der Waals surface area contributed by atoms with Crippen LogP contribution in [0.1, 0.15) is 20.8 Å². The fourth-order valence-electron chi connectivity index (χ4n) is 0.862. The van der Waals surface area contributed by atoms with Gasteiger partial charge in [0.05, 0.1) is 0 Å². The molecule has 0 rings (SSSR count). The molecule has 0 saturated carbocycles. The van der Waals surface area contributed by atoms with Crippen molar-refractivity contribution in [2.45, 2.75) is 32.2 Å². The molecule has 2 N–H and O–H groups in total. The number of alkyl halides is 3. The van der Waals surface area contributed by atoms with Crippen LogP contribution in [0.5, 0.6) is 0 Å². The number of hydrogen-bond acceptors (Lipinski definition) is 2. The van der Waals surface area contributed by atoms with Crippen molar-refractivity contribution in [3.05, 3.63) is 0 Å². The molecule has 4 nitrogen and oxygen atoms in total. The first-order valence-electron chi connectivity index (χ1n) is 4.06. The van der Waals surface area contributed by atoms with Crippen molar-refractivity contribution < 1.29 is 23.5 Å². The lowest BCUT2D eigenvalue weighted by molar-refractivity contribution is -0.148. The zero-order valence-electron chi connectivity index (χ0n) is 8.47. The van der Waals surface area contributed by atoms with Crippen molar-refractivity contribution in [2.24, 2.45) is 5.41 Å². The van der Waals surface area contributed by atoms with Crippen LogP contribution in [-0.2, 0) is 9.59 Å². The van der Waals surface area contributed by atoms with E-state index in [0.717, 1.165) is 0 Å². The van der Waals surface area contributed by atoms with E-state index in [-0.39, 0.29) is 0 Å². The van der Waals surface area contributed by atoms with Gasteiger partial charge in [0.1, 0.15) is 6.04 Å². The van der Waals surface area contributed by atoms with Gasteiger partial charge in [-0.3, -0.25) is 4.79 Å². The molecule has 0 heterocycles. The third-order valence-electron chi connectivity index (χ3n) is 1.65. The zero-order valence-corrected chi connectivity index (χ0v) is 9.23. The Hall–Kier alpha value is -0.910. The van der Waals surface area contributed by atoms with Gasteiger partial charge in [0.25, 0.3) is 0 Å². The van der Waals surface area contributed by atoms with Crippen LogP contribution in [0.2, 0.25) is 0 Å². The largest absolute Gasteiger partial charge is 0.480 e. The lowest BCUT2D eigenvalue weighted by atomic mass is 9.87. The molecular weight excluding hydrogens is 232 g/mol. The summed E-state index contributed by atoms with van der Waals surface area (Å²) in [5, 5.41) is 6.30. The minimum Gasteiger partial charge on any atom is -0.480 e. The minimum atomic E-state index is -4.10. The monoisotopic (exact) mass is 243 g/mol. The molecule has 1 amide bonds. The second kappa shape index (κ2) is 4.30. The van der Waals surface area contributed by atoms with Crippen LogP contribution in [-0.4, -0.2) is 28.4 Å². The van der Waals surface area contributed by atoms with Crippen molar-refractivity contribution in [3.63, 3.8) is 0 Å². The molecule has 0 aliphatic carbocycles. The van der Waals surface area contributed by atoms with Crippen LogP contribution < -0.4 is 5.32 Å². The summed E-state index contributed by atoms with van der Waals surface area (Å²) < 4.78 is 24.6. The predicted molar refractivity (Wildman–Crippen MR) is 49.8 cm³/mol. The molecule has 7 heteroatoms. The van der Waals surface area contributed by atoms with E-state index in [1.54, 1.807) is 5.32 Å². The molecular formula is C8H12ClF2NO3. The number of carboxylic acids is 1. The molecule has 0 spiro atoms. The number of hydrogen-bond donors (Lipinski definition) is 2. The normalized spacial score (nSPS) is 14.5. The van der Waals surface area contributed by atoms with Gasteiger partial charge in [-0.1, -0.05) is 20.8 Å². The summed E-state index contributed by atoms with van der Waals surface area (Å²) in [6, 6.07) is -1.42. The molecule has 0 aliphatic rings. The number of rotatable bonds is 3. The van der Waals surface area contributed by atoms with Crippen LogP contribution in [0.15, 0.2) is 0 Å². The summed E-state index contributed by atoms with van der Waals surface area (Å²) in [7, 11) is 0. The van der Waals surface area contributed by atoms with Gasteiger partial charge in [-0.2, -0.15) is 8.78 Å². The molecule has 0 aromatic rings. The molecule has 0 aliphatic heterocycles. The Kier molecular flexibility index (Phi) is 4.04. The van der Waals surface area contributed by atoms with Gasteiger partial charge < -0.3 is 10.4 Å². The standard InChI is InChI=1S/C8H12ClF2NO3/c1-7(2,3)4(5(13)14)12-6(15)8(9,10)11/h4H,1-3H3,(H,12,15)(H,13,14)/t4-/m1/s1. The van der Waals surface area contributed by atoms with Crippen LogP contribution in [0.25, 0.3) is 0 Å². The number of aliphatic carboxylic acids is 1. The highest BCUT2D eigenvalue weighted by atomic mass is 35.5. The van der Waals surface area contributed by atoms with Gasteiger partial charge in [-0.25, -0.2) is 4.79 Å². The summed E-state index contributed by atoms with van der Waals surface area (Å²) >= 11 is 4.44. The average molecular weight is 244 g/mol. The van der Waals surface area contributed by atoms with E-state index in [9.17, 15) is 18.4 Å². The van der Waals surface area contributed by atoms with Crippen molar-refractivity contribution in [1.82, 2.24) is 5.32 Å². The summed E-state index contributed by atoms with van der Waals surface area (Å²) in [5.41, 5.74) is -0.885. The SMILES string of the molecule is CC(C)(C)[C@H](NC(=O)C(F)(F)Cl)C(=O)O. The maximum Gasteiger partial charge on any atom is 0.399 e. The van der Waals surface area contributed by atoms with E-state index in [1.165, 1.54) is 20.8 Å². The van der Waals surface area contributed by atoms with Crippen molar-refractivity contribution in [1.29, 1.82) is 0 Å². The maximum atomic E-state index is 12.3. The zero-order chi connectivity index (χ0) is 12.4. The molecule has 0 fully saturated rings. The molecule has 15 heavy (non-hydrogen) atoms. The predicted octanol–water partition coefficient (Wildman–Crippen LogP) is 1.43. The van der Waals surface area contributed by atoms with Gasteiger partial charge in [-0.05, 0) is 17.0 Å². The first kappa shape index (κ1) is 14.1. The van der Waals surface area contributed by atoms with Crippen LogP contribution in [0, 0.1) is 5.41 Å². The first-order valence-corrected chi connectivity index (χ1v) is 4.44. The van der Waals surface area contributed by atoms with Gasteiger partial charge in [0.2, 0.25) is 0 Å². The first-order chi connectivity index (χ1) is 6.46. The molecule has 88 valence electrons. The minimum absolute atomic E-state index is 0.885. The van der Waals surface area contributed by atoms with Crippen molar-refractivity contribution >= 4 is 23.5 Å². The summed E-state index contributed by atoms with van der Waals surface area (Å²) in [5.74, 6) is -3.21. The summed E-state index contributed by atoms with van der Waals surface area (Å²) in [6.07, 6.45) is 0. The highest BCUT2D eigenvalue weighted by Gasteiger charge is 2.41. The fourth-order valence-corrected chi connectivity index (χ4v) is 0.916. The Morgan fingerprint density at radius 3 is 1.93 bits per heavy atom. The molecule has 0 aromatic carbocycles. The Bertz CT molecular complexity index is 270. The highest BCUT2D eigenvalue weighted by molar-refractivity contribution is 6.32. The molecule has 0 aromatic heterocycles. The third kappa shape index (κ3) is 4.42. The quantitative estimate of drug-likeness (QED) is 0.737. The summed E-state index contributed by atoms with van der Waals surface area (Å²) in [4.78, 5) is 21.5. The van der Waals surface area contributed by atoms with E-state index in [2.05, 4.69) is 11.6 Å². The molecule has 0 bridgehead atoms. The molecule has 0 unspecified atom stereocenters. The van der Waals surface area contributed by atoms with E-state index in [1.807, 2.05) is 0 Å². The number of carbonyl (C=O) groups excluding carboxylic acids is 1. The van der Waals surface area contributed by atoms with Crippen molar-refractivity contribution in [2.75, 3.05) is 0 Å². The lowest BCUT2D eigenvalue weighted by Crippen LogP contribution is -2.52. The van der Waals surface area contributed by atoms with E-state index in [0.29, 0.717) is 0 Å². The smallest absolute Gasteiger partial charge is 0.399 e. The van der Waals surface area contributed by atoms with Gasteiger partial charge in [0.15, 0.2) is 0 Å². The Balaban J connectivity index is 4.74. The van der Waals surface area contributed by atoms with Crippen LogP contribution in [0.4, 0.5) is 8.78 Å². The van der Waals surface area contributed by atoms with Crippen LogP contribution >= 0.6 is 11.6 Å². The Labute approximate surface area is 90.6 Å². The number of halogens is 3. The van der Waals surface area contributed by atoms with E-state index >= 15 is 0 Å². The number of nitrogens with one attached hydrogen (secondary N) is 1. The average Bonchev–Trinajstić information content (AvgIpc) is 1.94. The Morgan fingerprint density at radius 2 is 1.73 bits per heavy atom. The number of amides is 1. The molecule has 1 atom stereocenters. The van der Waals surface area contributed by atoms with Gasteiger partial charge in [-0.15, -0.1) is 0 Å². The fraction of sp³-hybridized carbons (Fsp3) is 0.750. The van der Waals surface area contributed by atoms with Crippen molar-refractivity contribution in [3.8, 4) is 0 Å². The van der Waals surface area contributed by atoms with E-state index < -0.39 is 28.7 Å². The molecule has 0 saturated heterocycles. The highest BCUT2D eigenvalue weighted by Crippen LogP contribution is 2.23. The maximum absolute atomic E-state index is 12.3. The number of carboxylic acid groups (broad SMARTS) is 1. The molecule has 0 radical (unpaired) electrons. The Morgan fingerprint density at radius 1 is 1.33 bits per heavy atom. The number of carbonyl (C=O) groups is 2. The second-order valence-corrected chi connectivity index (χ2v) is 4.58.